The monoisotopic (exact) mass is 440 g/mol. The van der Waals surface area contributed by atoms with E-state index in [1.165, 1.54) is 0 Å². The number of thiazole rings is 1. The van der Waals surface area contributed by atoms with Crippen molar-refractivity contribution in [3.8, 4) is 21.8 Å². The summed E-state index contributed by atoms with van der Waals surface area (Å²) in [6, 6.07) is 15.6. The molecular formula is C25H20N4O2S. The van der Waals surface area contributed by atoms with Crippen LogP contribution in [-0.2, 0) is 11.2 Å². The zero-order chi connectivity index (χ0) is 22.1. The van der Waals surface area contributed by atoms with Crippen molar-refractivity contribution in [3.63, 3.8) is 0 Å². The van der Waals surface area contributed by atoms with Crippen LogP contribution in [-0.4, -0.2) is 21.0 Å². The van der Waals surface area contributed by atoms with E-state index in [-0.39, 0.29) is 12.3 Å². The summed E-state index contributed by atoms with van der Waals surface area (Å²) >= 11 is 1.58. The largest absolute Gasteiger partial charge is 0.356 e. The molecule has 7 heteroatoms. The molecule has 0 atom stereocenters. The fourth-order valence-electron chi connectivity index (χ4n) is 3.79. The highest BCUT2D eigenvalue weighted by Gasteiger charge is 2.15. The predicted molar refractivity (Wildman–Crippen MR) is 127 cm³/mol. The van der Waals surface area contributed by atoms with Crippen molar-refractivity contribution in [2.24, 2.45) is 0 Å². The van der Waals surface area contributed by atoms with Crippen LogP contribution in [0.5, 0.6) is 0 Å². The van der Waals surface area contributed by atoms with Gasteiger partial charge in [0, 0.05) is 40.0 Å². The molecule has 2 aromatic carbocycles. The van der Waals surface area contributed by atoms with E-state index >= 15 is 0 Å². The lowest BCUT2D eigenvalue weighted by molar-refractivity contribution is -0.115. The van der Waals surface area contributed by atoms with Crippen LogP contribution in [0.3, 0.4) is 0 Å². The summed E-state index contributed by atoms with van der Waals surface area (Å²) in [5.41, 5.74) is 7.07. The minimum Gasteiger partial charge on any atom is -0.356 e. The Kier molecular flexibility index (Phi) is 5.25. The molecule has 5 aromatic rings. The number of amides is 1. The van der Waals surface area contributed by atoms with Crippen molar-refractivity contribution in [1.29, 1.82) is 0 Å². The molecule has 0 saturated carbocycles. The molecule has 0 aliphatic carbocycles. The van der Waals surface area contributed by atoms with Gasteiger partial charge in [0.1, 0.15) is 10.7 Å². The molecule has 3 heterocycles. The van der Waals surface area contributed by atoms with Gasteiger partial charge in [0.25, 0.3) is 0 Å². The second-order valence-electron chi connectivity index (χ2n) is 7.66. The molecule has 0 spiro atoms. The van der Waals surface area contributed by atoms with Crippen molar-refractivity contribution in [3.05, 3.63) is 83.1 Å². The molecular weight excluding hydrogens is 420 g/mol. The van der Waals surface area contributed by atoms with Gasteiger partial charge in [0.2, 0.25) is 5.91 Å². The molecule has 0 saturated heterocycles. The van der Waals surface area contributed by atoms with Crippen molar-refractivity contribution in [2.45, 2.75) is 20.3 Å². The Labute approximate surface area is 189 Å². The van der Waals surface area contributed by atoms with Gasteiger partial charge >= 0.3 is 0 Å². The second kappa shape index (κ2) is 8.36. The highest BCUT2D eigenvalue weighted by Crippen LogP contribution is 2.30. The van der Waals surface area contributed by atoms with Crippen LogP contribution in [0.4, 0.5) is 5.69 Å². The third kappa shape index (κ3) is 4.02. The Balaban J connectivity index is 1.33. The summed E-state index contributed by atoms with van der Waals surface area (Å²) in [7, 11) is 0. The first kappa shape index (κ1) is 20.1. The number of hydrogen-bond acceptors (Lipinski definition) is 6. The molecule has 6 nitrogen and oxygen atoms in total. The second-order valence-corrected chi connectivity index (χ2v) is 8.52. The number of nitrogens with zero attached hydrogens (tertiary/aromatic N) is 3. The average Bonchev–Trinajstić information content (AvgIpc) is 3.42. The van der Waals surface area contributed by atoms with Crippen molar-refractivity contribution < 1.29 is 9.32 Å². The first-order valence-electron chi connectivity index (χ1n) is 10.2. The Morgan fingerprint density at radius 1 is 1.06 bits per heavy atom. The summed E-state index contributed by atoms with van der Waals surface area (Å²) in [5, 5.41) is 11.0. The highest BCUT2D eigenvalue weighted by atomic mass is 32.1. The zero-order valence-electron chi connectivity index (χ0n) is 17.6. The molecule has 0 fully saturated rings. The summed E-state index contributed by atoms with van der Waals surface area (Å²) in [6.45, 7) is 4.02. The number of pyridine rings is 1. The summed E-state index contributed by atoms with van der Waals surface area (Å²) in [4.78, 5) is 21.5. The van der Waals surface area contributed by atoms with Gasteiger partial charge in [-0.1, -0.05) is 23.4 Å². The Morgan fingerprint density at radius 2 is 1.91 bits per heavy atom. The van der Waals surface area contributed by atoms with E-state index in [9.17, 15) is 4.79 Å². The number of hydrogen-bond donors (Lipinski definition) is 1. The van der Waals surface area contributed by atoms with Gasteiger partial charge in [0.05, 0.1) is 12.1 Å². The SMILES string of the molecule is Cc1cc(C)c2c(CC(=O)Nc3cccc(-c4csc(-c5ccncc5)n4)c3)noc2c1. The fourth-order valence-corrected chi connectivity index (χ4v) is 4.62. The number of benzene rings is 2. The topological polar surface area (TPSA) is 80.9 Å². The van der Waals surface area contributed by atoms with Crippen LogP contribution < -0.4 is 5.32 Å². The molecule has 3 aromatic heterocycles. The van der Waals surface area contributed by atoms with Gasteiger partial charge in [-0.25, -0.2) is 4.98 Å². The Hall–Kier alpha value is -3.84. The smallest absolute Gasteiger partial charge is 0.230 e. The molecule has 158 valence electrons. The van der Waals surface area contributed by atoms with Crippen molar-refractivity contribution in [1.82, 2.24) is 15.1 Å². The molecule has 1 N–H and O–H groups in total. The van der Waals surface area contributed by atoms with E-state index in [1.807, 2.05) is 61.7 Å². The minimum atomic E-state index is -0.145. The summed E-state index contributed by atoms with van der Waals surface area (Å²) < 4.78 is 5.44. The van der Waals surface area contributed by atoms with E-state index in [0.29, 0.717) is 17.0 Å². The van der Waals surface area contributed by atoms with E-state index in [2.05, 4.69) is 21.5 Å². The van der Waals surface area contributed by atoms with Gasteiger partial charge in [0.15, 0.2) is 5.58 Å². The van der Waals surface area contributed by atoms with Crippen LogP contribution in [0, 0.1) is 13.8 Å². The maximum Gasteiger partial charge on any atom is 0.230 e. The van der Waals surface area contributed by atoms with Crippen LogP contribution in [0.1, 0.15) is 16.8 Å². The number of anilines is 1. The van der Waals surface area contributed by atoms with Crippen LogP contribution in [0.25, 0.3) is 32.8 Å². The lowest BCUT2D eigenvalue weighted by Crippen LogP contribution is -2.14. The number of nitrogens with one attached hydrogen (secondary N) is 1. The molecule has 0 radical (unpaired) electrons. The van der Waals surface area contributed by atoms with Gasteiger partial charge in [-0.3, -0.25) is 9.78 Å². The highest BCUT2D eigenvalue weighted by molar-refractivity contribution is 7.13. The first-order valence-corrected chi connectivity index (χ1v) is 11.1. The van der Waals surface area contributed by atoms with Crippen LogP contribution >= 0.6 is 11.3 Å². The normalized spacial score (nSPS) is 11.1. The Bertz CT molecular complexity index is 1420. The van der Waals surface area contributed by atoms with E-state index in [4.69, 9.17) is 9.51 Å². The molecule has 0 aliphatic heterocycles. The lowest BCUT2D eigenvalue weighted by atomic mass is 10.0. The number of carbonyl (C=O) groups excluding carboxylic acids is 1. The van der Waals surface area contributed by atoms with Gasteiger partial charge in [-0.15, -0.1) is 11.3 Å². The summed E-state index contributed by atoms with van der Waals surface area (Å²) in [5.74, 6) is -0.145. The molecule has 32 heavy (non-hydrogen) atoms. The summed E-state index contributed by atoms with van der Waals surface area (Å²) in [6.07, 6.45) is 3.66. The van der Waals surface area contributed by atoms with E-state index in [0.717, 1.165) is 38.3 Å². The number of rotatable bonds is 5. The number of aryl methyl sites for hydroxylation is 2. The predicted octanol–water partition coefficient (Wildman–Crippen LogP) is 5.81. The van der Waals surface area contributed by atoms with Gasteiger partial charge in [-0.2, -0.15) is 0 Å². The van der Waals surface area contributed by atoms with Crippen molar-refractivity contribution in [2.75, 3.05) is 5.32 Å². The lowest BCUT2D eigenvalue weighted by Gasteiger charge is -2.06. The van der Waals surface area contributed by atoms with Crippen LogP contribution in [0.2, 0.25) is 0 Å². The number of aromatic nitrogens is 3. The minimum absolute atomic E-state index is 0.143. The first-order chi connectivity index (χ1) is 15.6. The molecule has 5 rings (SSSR count). The van der Waals surface area contributed by atoms with E-state index < -0.39 is 0 Å². The number of carbonyl (C=O) groups is 1. The standard InChI is InChI=1S/C25H20N4O2S/c1-15-10-16(2)24-20(29-31-22(24)11-15)13-23(30)27-19-5-3-4-18(12-19)21-14-32-25(28-21)17-6-8-26-9-7-17/h3-12,14H,13H2,1-2H3,(H,27,30). The molecule has 0 aliphatic rings. The van der Waals surface area contributed by atoms with Gasteiger partial charge < -0.3 is 9.84 Å². The van der Waals surface area contributed by atoms with Gasteiger partial charge in [-0.05, 0) is 55.3 Å². The third-order valence-corrected chi connectivity index (χ3v) is 6.08. The van der Waals surface area contributed by atoms with Crippen LogP contribution in [0.15, 0.2) is 70.8 Å². The average molecular weight is 441 g/mol. The number of fused-ring (bicyclic) bond motifs is 1. The Morgan fingerprint density at radius 3 is 2.75 bits per heavy atom. The fraction of sp³-hybridized carbons (Fsp3) is 0.120. The quantitative estimate of drug-likeness (QED) is 0.373. The maximum atomic E-state index is 12.7. The zero-order valence-corrected chi connectivity index (χ0v) is 18.4. The molecule has 0 bridgehead atoms. The van der Waals surface area contributed by atoms with Crippen molar-refractivity contribution >= 4 is 33.9 Å². The maximum absolute atomic E-state index is 12.7. The third-order valence-electron chi connectivity index (χ3n) is 5.19. The van der Waals surface area contributed by atoms with E-state index in [1.54, 1.807) is 23.7 Å². The molecule has 0 unspecified atom stereocenters. The molecule has 1 amide bonds.